The molecule has 1 saturated heterocycles. The largest absolute Gasteiger partial charge is 0.466 e. The van der Waals surface area contributed by atoms with E-state index >= 15 is 0 Å². The highest BCUT2D eigenvalue weighted by Gasteiger charge is 2.34. The first kappa shape index (κ1) is 16.6. The van der Waals surface area contributed by atoms with E-state index in [9.17, 15) is 9.59 Å². The summed E-state index contributed by atoms with van der Waals surface area (Å²) in [6.07, 6.45) is 1.96. The summed E-state index contributed by atoms with van der Waals surface area (Å²) < 4.78 is 4.94. The molecule has 1 unspecified atom stereocenters. The maximum atomic E-state index is 12.1. The molecule has 0 bridgehead atoms. The van der Waals surface area contributed by atoms with Crippen LogP contribution in [0.2, 0.25) is 0 Å². The van der Waals surface area contributed by atoms with Crippen LogP contribution in [0.25, 0.3) is 11.4 Å². The van der Waals surface area contributed by atoms with Crippen LogP contribution in [0.15, 0.2) is 36.5 Å². The summed E-state index contributed by atoms with van der Waals surface area (Å²) in [7, 11) is 0. The summed E-state index contributed by atoms with van der Waals surface area (Å²) >= 11 is 1.54. The number of ether oxygens (including phenoxy) is 1. The van der Waals surface area contributed by atoms with Crippen molar-refractivity contribution in [2.75, 3.05) is 18.9 Å². The Bertz CT molecular complexity index is 717. The first-order valence-electron chi connectivity index (χ1n) is 7.86. The molecule has 0 spiro atoms. The van der Waals surface area contributed by atoms with Gasteiger partial charge in [0.05, 0.1) is 30.7 Å². The molecule has 0 saturated carbocycles. The minimum atomic E-state index is -0.282. The SMILES string of the molecule is CCOC(=O)CCN1C(=O)CSC1c1cnc(-c2ccccc2)[nH]1. The van der Waals surface area contributed by atoms with Crippen molar-refractivity contribution < 1.29 is 14.3 Å². The van der Waals surface area contributed by atoms with Crippen LogP contribution in [0.1, 0.15) is 24.4 Å². The van der Waals surface area contributed by atoms with Gasteiger partial charge < -0.3 is 14.6 Å². The number of carbonyl (C=O) groups excluding carboxylic acids is 2. The lowest BCUT2D eigenvalue weighted by molar-refractivity contribution is -0.143. The summed E-state index contributed by atoms with van der Waals surface area (Å²) in [5, 5.41) is -0.142. The van der Waals surface area contributed by atoms with E-state index in [0.717, 1.165) is 17.1 Å². The van der Waals surface area contributed by atoms with Crippen LogP contribution in [0, 0.1) is 0 Å². The number of nitrogens with one attached hydrogen (secondary N) is 1. The van der Waals surface area contributed by atoms with Crippen LogP contribution < -0.4 is 0 Å². The number of amides is 1. The fourth-order valence-electron chi connectivity index (χ4n) is 2.60. The number of thioether (sulfide) groups is 1. The smallest absolute Gasteiger partial charge is 0.307 e. The van der Waals surface area contributed by atoms with E-state index in [4.69, 9.17) is 4.74 Å². The molecule has 126 valence electrons. The third-order valence-electron chi connectivity index (χ3n) is 3.74. The molecule has 1 amide bonds. The van der Waals surface area contributed by atoms with Crippen LogP contribution in [0.4, 0.5) is 0 Å². The standard InChI is InChI=1S/C17H19N3O3S/c1-2-23-15(22)8-9-20-14(21)11-24-17(20)13-10-18-16(19-13)12-6-4-3-5-7-12/h3-7,10,17H,2,8-9,11H2,1H3,(H,18,19). The van der Waals surface area contributed by atoms with Gasteiger partial charge in [0, 0.05) is 12.1 Å². The van der Waals surface area contributed by atoms with Gasteiger partial charge in [-0.25, -0.2) is 4.98 Å². The molecule has 1 atom stereocenters. The molecule has 24 heavy (non-hydrogen) atoms. The van der Waals surface area contributed by atoms with Gasteiger partial charge in [0.15, 0.2) is 0 Å². The van der Waals surface area contributed by atoms with E-state index < -0.39 is 0 Å². The monoisotopic (exact) mass is 345 g/mol. The molecule has 3 rings (SSSR count). The molecule has 0 aliphatic carbocycles. The number of H-pyrrole nitrogens is 1. The number of benzene rings is 1. The van der Waals surface area contributed by atoms with Crippen LogP contribution in [-0.4, -0.2) is 45.6 Å². The predicted octanol–water partition coefficient (Wildman–Crippen LogP) is 2.60. The van der Waals surface area contributed by atoms with Crippen molar-refractivity contribution in [3.63, 3.8) is 0 Å². The first-order valence-corrected chi connectivity index (χ1v) is 8.91. The zero-order chi connectivity index (χ0) is 16.9. The maximum absolute atomic E-state index is 12.1. The zero-order valence-electron chi connectivity index (χ0n) is 13.4. The average Bonchev–Trinajstić information content (AvgIpc) is 3.21. The van der Waals surface area contributed by atoms with Crippen molar-refractivity contribution in [3.8, 4) is 11.4 Å². The van der Waals surface area contributed by atoms with Gasteiger partial charge in [0.1, 0.15) is 11.2 Å². The fourth-order valence-corrected chi connectivity index (χ4v) is 3.77. The van der Waals surface area contributed by atoms with Gasteiger partial charge in [-0.1, -0.05) is 30.3 Å². The summed E-state index contributed by atoms with van der Waals surface area (Å²) in [4.78, 5) is 33.1. The van der Waals surface area contributed by atoms with Crippen molar-refractivity contribution in [2.45, 2.75) is 18.7 Å². The number of nitrogens with zero attached hydrogens (tertiary/aromatic N) is 2. The first-order chi connectivity index (χ1) is 11.7. The highest BCUT2D eigenvalue weighted by molar-refractivity contribution is 8.00. The Morgan fingerprint density at radius 3 is 2.96 bits per heavy atom. The number of esters is 1. The lowest BCUT2D eigenvalue weighted by Crippen LogP contribution is -2.31. The number of hydrogen-bond donors (Lipinski definition) is 1. The molecular formula is C17H19N3O3S. The Balaban J connectivity index is 1.72. The lowest BCUT2D eigenvalue weighted by atomic mass is 10.2. The lowest BCUT2D eigenvalue weighted by Gasteiger charge is -2.22. The van der Waals surface area contributed by atoms with Gasteiger partial charge in [-0.15, -0.1) is 11.8 Å². The number of hydrogen-bond acceptors (Lipinski definition) is 5. The van der Waals surface area contributed by atoms with Crippen molar-refractivity contribution in [3.05, 3.63) is 42.2 Å². The second-order valence-corrected chi connectivity index (χ2v) is 6.43. The fraction of sp³-hybridized carbons (Fsp3) is 0.353. The summed E-state index contributed by atoms with van der Waals surface area (Å²) in [5.41, 5.74) is 1.87. The minimum absolute atomic E-state index is 0.0326. The minimum Gasteiger partial charge on any atom is -0.466 e. The van der Waals surface area contributed by atoms with Gasteiger partial charge in [0.2, 0.25) is 5.91 Å². The number of rotatable bonds is 6. The molecule has 6 nitrogen and oxygen atoms in total. The number of aromatic amines is 1. The van der Waals surface area contributed by atoms with Gasteiger partial charge in [0.25, 0.3) is 0 Å². The number of carbonyl (C=O) groups is 2. The third-order valence-corrected chi connectivity index (χ3v) is 4.98. The van der Waals surface area contributed by atoms with Crippen LogP contribution in [0.3, 0.4) is 0 Å². The van der Waals surface area contributed by atoms with Gasteiger partial charge in [-0.2, -0.15) is 0 Å². The molecule has 1 aromatic carbocycles. The molecule has 1 fully saturated rings. The molecule has 2 aromatic rings. The molecular weight excluding hydrogens is 326 g/mol. The van der Waals surface area contributed by atoms with Gasteiger partial charge in [-0.3, -0.25) is 9.59 Å². The topological polar surface area (TPSA) is 75.3 Å². The molecule has 0 radical (unpaired) electrons. The van der Waals surface area contributed by atoms with Crippen molar-refractivity contribution in [1.82, 2.24) is 14.9 Å². The van der Waals surface area contributed by atoms with E-state index in [1.54, 1.807) is 18.0 Å². The Hall–Kier alpha value is -2.28. The van der Waals surface area contributed by atoms with Gasteiger partial charge >= 0.3 is 5.97 Å². The number of aromatic nitrogens is 2. The molecule has 2 heterocycles. The number of imidazole rings is 1. The summed E-state index contributed by atoms with van der Waals surface area (Å²) in [6, 6.07) is 9.83. The molecule has 1 aromatic heterocycles. The Kier molecular flexibility index (Phi) is 5.20. The quantitative estimate of drug-likeness (QED) is 0.815. The van der Waals surface area contributed by atoms with E-state index in [0.29, 0.717) is 18.9 Å². The van der Waals surface area contributed by atoms with Crippen LogP contribution >= 0.6 is 11.8 Å². The molecule has 1 aliphatic rings. The Morgan fingerprint density at radius 2 is 2.21 bits per heavy atom. The highest BCUT2D eigenvalue weighted by atomic mass is 32.2. The zero-order valence-corrected chi connectivity index (χ0v) is 14.2. The second-order valence-electron chi connectivity index (χ2n) is 5.36. The van der Waals surface area contributed by atoms with Crippen LogP contribution in [-0.2, 0) is 14.3 Å². The summed E-state index contributed by atoms with van der Waals surface area (Å²) in [6.45, 7) is 2.48. The Labute approximate surface area is 144 Å². The van der Waals surface area contributed by atoms with Crippen molar-refractivity contribution in [1.29, 1.82) is 0 Å². The van der Waals surface area contributed by atoms with Gasteiger partial charge in [-0.05, 0) is 6.92 Å². The highest BCUT2D eigenvalue weighted by Crippen LogP contribution is 2.38. The van der Waals surface area contributed by atoms with E-state index in [1.807, 2.05) is 30.3 Å². The third kappa shape index (κ3) is 3.62. The average molecular weight is 345 g/mol. The predicted molar refractivity (Wildman–Crippen MR) is 92.2 cm³/mol. The molecule has 1 N–H and O–H groups in total. The molecule has 1 aliphatic heterocycles. The van der Waals surface area contributed by atoms with Crippen molar-refractivity contribution >= 4 is 23.6 Å². The van der Waals surface area contributed by atoms with Crippen LogP contribution in [0.5, 0.6) is 0 Å². The van der Waals surface area contributed by atoms with E-state index in [-0.39, 0.29) is 23.7 Å². The normalized spacial score (nSPS) is 17.3. The summed E-state index contributed by atoms with van der Waals surface area (Å²) in [5.74, 6) is 0.935. The maximum Gasteiger partial charge on any atom is 0.307 e. The molecule has 7 heteroatoms. The Morgan fingerprint density at radius 1 is 1.42 bits per heavy atom. The van der Waals surface area contributed by atoms with E-state index in [1.165, 1.54) is 11.8 Å². The second kappa shape index (κ2) is 7.53. The van der Waals surface area contributed by atoms with E-state index in [2.05, 4.69) is 9.97 Å². The van der Waals surface area contributed by atoms with Crippen molar-refractivity contribution in [2.24, 2.45) is 0 Å².